The zero-order chi connectivity index (χ0) is 10.3. The maximum atomic E-state index is 10.9. The van der Waals surface area contributed by atoms with E-state index in [-0.39, 0.29) is 11.8 Å². The van der Waals surface area contributed by atoms with Gasteiger partial charge in [0.15, 0.2) is 5.78 Å². The lowest BCUT2D eigenvalue weighted by Crippen LogP contribution is -2.45. The van der Waals surface area contributed by atoms with Crippen LogP contribution in [0.4, 0.5) is 0 Å². The molecule has 0 aromatic heterocycles. The summed E-state index contributed by atoms with van der Waals surface area (Å²) in [4.78, 5) is 14.6. The number of rotatable bonds is 7. The van der Waals surface area contributed by atoms with Crippen molar-refractivity contribution in [2.75, 3.05) is 6.54 Å². The minimum atomic E-state index is -0.493. The van der Waals surface area contributed by atoms with Crippen LogP contribution in [0.2, 0.25) is 0 Å². The van der Waals surface area contributed by atoms with Crippen molar-refractivity contribution in [3.63, 3.8) is 0 Å². The average Bonchev–Trinajstić information content (AvgIpc) is 2.03. The van der Waals surface area contributed by atoms with Crippen LogP contribution < -0.4 is 16.8 Å². The summed E-state index contributed by atoms with van der Waals surface area (Å²) >= 11 is 0. The van der Waals surface area contributed by atoms with Crippen LogP contribution in [0.25, 0.3) is 0 Å². The zero-order valence-corrected chi connectivity index (χ0v) is 7.99. The highest BCUT2D eigenvalue weighted by Gasteiger charge is 2.09. The molecule has 0 unspecified atom stereocenters. The molecule has 1 atom stereocenters. The molecule has 0 aromatic carbocycles. The summed E-state index contributed by atoms with van der Waals surface area (Å²) < 4.78 is 0. The van der Waals surface area contributed by atoms with Gasteiger partial charge in [0, 0.05) is 0 Å². The maximum absolute atomic E-state index is 10.9. The summed E-state index contributed by atoms with van der Waals surface area (Å²) in [5.74, 6) is 0.0482. The predicted octanol–water partition coefficient (Wildman–Crippen LogP) is -0.785. The van der Waals surface area contributed by atoms with E-state index >= 15 is 0 Å². The number of nitrogens with one attached hydrogen (secondary N) is 1. The first-order valence-electron chi connectivity index (χ1n) is 4.28. The topological polar surface area (TPSA) is 93.5 Å². The summed E-state index contributed by atoms with van der Waals surface area (Å²) in [6.45, 7) is 5.56. The van der Waals surface area contributed by atoms with Gasteiger partial charge in [-0.1, -0.05) is 0 Å². The Bertz CT molecular complexity index is 170. The van der Waals surface area contributed by atoms with Crippen LogP contribution in [-0.4, -0.2) is 31.4 Å². The number of nitrogens with two attached hydrogens (primary N) is 2. The van der Waals surface area contributed by atoms with Crippen molar-refractivity contribution >= 4 is 12.5 Å². The van der Waals surface area contributed by atoms with Crippen molar-refractivity contribution < 1.29 is 4.79 Å². The van der Waals surface area contributed by atoms with Gasteiger partial charge in [0.05, 0.1) is 0 Å². The number of hydrogen-bond donors (Lipinski definition) is 3. The third-order valence-corrected chi connectivity index (χ3v) is 1.72. The van der Waals surface area contributed by atoms with Gasteiger partial charge in [-0.3, -0.25) is 15.1 Å². The van der Waals surface area contributed by atoms with E-state index in [2.05, 4.69) is 17.0 Å². The second kappa shape index (κ2) is 6.71. The van der Waals surface area contributed by atoms with Gasteiger partial charge in [0.25, 0.3) is 0 Å². The molecule has 0 rings (SSSR count). The normalized spacial score (nSPS) is 12.9. The van der Waals surface area contributed by atoms with Crippen LogP contribution >= 0.6 is 0 Å². The fraction of sp³-hybridized carbons (Fsp3) is 0.750. The van der Waals surface area contributed by atoms with Crippen molar-refractivity contribution in [2.45, 2.75) is 32.1 Å². The van der Waals surface area contributed by atoms with E-state index < -0.39 is 6.29 Å². The van der Waals surface area contributed by atoms with E-state index in [1.165, 1.54) is 6.92 Å². The Hall–Kier alpha value is -0.780. The predicted molar refractivity (Wildman–Crippen MR) is 53.4 cm³/mol. The first kappa shape index (κ1) is 12.2. The number of hydrogen-bond acceptors (Lipinski definition) is 5. The van der Waals surface area contributed by atoms with Gasteiger partial charge in [0.2, 0.25) is 0 Å². The summed E-state index contributed by atoms with van der Waals surface area (Å²) in [5.41, 5.74) is 10.5. The van der Waals surface area contributed by atoms with Gasteiger partial charge in [-0.25, -0.2) is 0 Å². The molecule has 5 N–H and O–H groups in total. The molecule has 13 heavy (non-hydrogen) atoms. The molecular weight excluding hydrogens is 168 g/mol. The molecule has 5 nitrogen and oxygen atoms in total. The molecule has 0 radical (unpaired) electrons. The van der Waals surface area contributed by atoms with Crippen molar-refractivity contribution in [2.24, 2.45) is 16.5 Å². The molecule has 0 aliphatic heterocycles. The second-order valence-corrected chi connectivity index (χ2v) is 2.93. The summed E-state index contributed by atoms with van der Waals surface area (Å²) in [6, 6.07) is -0.282. The van der Waals surface area contributed by atoms with E-state index in [1.807, 2.05) is 0 Å². The van der Waals surface area contributed by atoms with Gasteiger partial charge in [0.1, 0.15) is 12.3 Å². The van der Waals surface area contributed by atoms with Gasteiger partial charge < -0.3 is 11.5 Å². The third-order valence-electron chi connectivity index (χ3n) is 1.72. The summed E-state index contributed by atoms with van der Waals surface area (Å²) in [5, 5.41) is 2.85. The number of Topliss-reactive ketones (excluding diaryl/α,β-unsaturated/α-hetero) is 1. The molecule has 5 heteroatoms. The Morgan fingerprint density at radius 2 is 2.23 bits per heavy atom. The lowest BCUT2D eigenvalue weighted by molar-refractivity contribution is -0.118. The highest BCUT2D eigenvalue weighted by Crippen LogP contribution is 2.01. The molecule has 0 heterocycles. The SMILES string of the molecule is C=N[C@@H](CCCNC(N)N)C(C)=O. The number of ketones is 1. The average molecular weight is 186 g/mol. The third kappa shape index (κ3) is 6.39. The molecule has 0 aliphatic carbocycles. The fourth-order valence-electron chi connectivity index (χ4n) is 0.987. The lowest BCUT2D eigenvalue weighted by Gasteiger charge is -2.10. The van der Waals surface area contributed by atoms with E-state index in [4.69, 9.17) is 11.5 Å². The number of aliphatic imine (C=N–C) groups is 1. The Morgan fingerprint density at radius 1 is 1.62 bits per heavy atom. The first-order valence-corrected chi connectivity index (χ1v) is 4.28. The first-order chi connectivity index (χ1) is 6.07. The van der Waals surface area contributed by atoms with Crippen LogP contribution in [0, 0.1) is 0 Å². The summed E-state index contributed by atoms with van der Waals surface area (Å²) in [7, 11) is 0. The minimum absolute atomic E-state index is 0.0482. The van der Waals surface area contributed by atoms with Gasteiger partial charge >= 0.3 is 0 Å². The molecule has 0 aromatic rings. The molecule has 0 aliphatic rings. The molecule has 0 fully saturated rings. The summed E-state index contributed by atoms with van der Waals surface area (Å²) in [6.07, 6.45) is 1.01. The van der Waals surface area contributed by atoms with Crippen LogP contribution in [-0.2, 0) is 4.79 Å². The largest absolute Gasteiger partial charge is 0.304 e. The molecule has 0 saturated carbocycles. The minimum Gasteiger partial charge on any atom is -0.304 e. The second-order valence-electron chi connectivity index (χ2n) is 2.93. The Labute approximate surface area is 78.6 Å². The van der Waals surface area contributed by atoms with Crippen LogP contribution in [0.15, 0.2) is 4.99 Å². The van der Waals surface area contributed by atoms with E-state index in [0.29, 0.717) is 13.0 Å². The van der Waals surface area contributed by atoms with Gasteiger partial charge in [-0.05, 0) is 33.0 Å². The monoisotopic (exact) mass is 186 g/mol. The molecule has 0 spiro atoms. The van der Waals surface area contributed by atoms with Crippen molar-refractivity contribution in [1.29, 1.82) is 0 Å². The van der Waals surface area contributed by atoms with E-state index in [1.54, 1.807) is 0 Å². The highest BCUT2D eigenvalue weighted by atomic mass is 16.1. The number of carbonyl (C=O) groups excluding carboxylic acids is 1. The van der Waals surface area contributed by atoms with Crippen molar-refractivity contribution in [1.82, 2.24) is 5.32 Å². The molecular formula is C8H18N4O. The van der Waals surface area contributed by atoms with E-state index in [9.17, 15) is 4.79 Å². The Kier molecular flexibility index (Phi) is 6.30. The molecule has 76 valence electrons. The highest BCUT2D eigenvalue weighted by molar-refractivity contribution is 5.82. The van der Waals surface area contributed by atoms with Gasteiger partial charge in [-0.15, -0.1) is 0 Å². The van der Waals surface area contributed by atoms with Crippen LogP contribution in [0.1, 0.15) is 19.8 Å². The van der Waals surface area contributed by atoms with Gasteiger partial charge in [-0.2, -0.15) is 0 Å². The lowest BCUT2D eigenvalue weighted by atomic mass is 10.1. The Balaban J connectivity index is 3.50. The molecule has 0 saturated heterocycles. The van der Waals surface area contributed by atoms with E-state index in [0.717, 1.165) is 6.42 Å². The molecule has 0 bridgehead atoms. The molecule has 0 amide bonds. The van der Waals surface area contributed by atoms with Crippen molar-refractivity contribution in [3.8, 4) is 0 Å². The number of carbonyl (C=O) groups is 1. The van der Waals surface area contributed by atoms with Crippen LogP contribution in [0.3, 0.4) is 0 Å². The van der Waals surface area contributed by atoms with Crippen molar-refractivity contribution in [3.05, 3.63) is 0 Å². The maximum Gasteiger partial charge on any atom is 0.154 e. The smallest absolute Gasteiger partial charge is 0.154 e. The van der Waals surface area contributed by atoms with Crippen LogP contribution in [0.5, 0.6) is 0 Å². The quantitative estimate of drug-likeness (QED) is 0.276. The Morgan fingerprint density at radius 3 is 2.62 bits per heavy atom. The zero-order valence-electron chi connectivity index (χ0n) is 7.99. The number of nitrogens with zero attached hydrogens (tertiary/aromatic N) is 1. The standard InChI is InChI=1S/C8H18N4O/c1-6(13)7(11-2)4-3-5-12-8(9)10/h7-8,12H,2-5,9-10H2,1H3/t7-/m0/s1. The fourth-order valence-corrected chi connectivity index (χ4v) is 0.987.